The van der Waals surface area contributed by atoms with Crippen LogP contribution in [-0.4, -0.2) is 24.6 Å². The van der Waals surface area contributed by atoms with Gasteiger partial charge in [0.25, 0.3) is 0 Å². The summed E-state index contributed by atoms with van der Waals surface area (Å²) in [5, 5.41) is 0. The lowest BCUT2D eigenvalue weighted by Gasteiger charge is -2.69. The molecule has 0 N–H and O–H groups in total. The van der Waals surface area contributed by atoms with Gasteiger partial charge in [-0.2, -0.15) is 0 Å². The molecule has 0 unspecified atom stereocenters. The molecule has 0 amide bonds. The van der Waals surface area contributed by atoms with Crippen molar-refractivity contribution in [2.75, 3.05) is 7.11 Å². The van der Waals surface area contributed by atoms with Crippen molar-refractivity contribution in [3.8, 4) is 0 Å². The number of esters is 1. The van der Waals surface area contributed by atoms with Crippen LogP contribution < -0.4 is 0 Å². The molecule has 0 aliphatic heterocycles. The van der Waals surface area contributed by atoms with E-state index in [0.29, 0.717) is 12.2 Å². The molecule has 4 nitrogen and oxygen atoms in total. The summed E-state index contributed by atoms with van der Waals surface area (Å²) >= 11 is 0. The second kappa shape index (κ2) is 7.32. The zero-order valence-corrected chi connectivity index (χ0v) is 23.3. The van der Waals surface area contributed by atoms with Crippen LogP contribution in [0.3, 0.4) is 0 Å². The van der Waals surface area contributed by atoms with Gasteiger partial charge in [0.1, 0.15) is 5.78 Å². The molecule has 35 heavy (non-hydrogen) atoms. The Morgan fingerprint density at radius 2 is 1.57 bits per heavy atom. The average molecular weight is 483 g/mol. The van der Waals surface area contributed by atoms with Crippen LogP contribution in [0.15, 0.2) is 11.6 Å². The van der Waals surface area contributed by atoms with Crippen molar-refractivity contribution in [1.82, 2.24) is 0 Å². The molecule has 8 atom stereocenters. The zero-order chi connectivity index (χ0) is 25.8. The molecule has 4 fully saturated rings. The predicted octanol–water partition coefficient (Wildman–Crippen LogP) is 6.71. The third kappa shape index (κ3) is 3.00. The lowest BCUT2D eigenvalue weighted by molar-refractivity contribution is -0.188. The van der Waals surface area contributed by atoms with Gasteiger partial charge in [0.15, 0.2) is 5.78 Å². The number of Topliss-reactive ketones (excluding diaryl/α,β-unsaturated/α-hetero) is 1. The largest absolute Gasteiger partial charge is 0.469 e. The maximum atomic E-state index is 14.3. The smallest absolute Gasteiger partial charge is 0.311 e. The van der Waals surface area contributed by atoms with Crippen LogP contribution in [0.4, 0.5) is 0 Å². The maximum absolute atomic E-state index is 14.3. The van der Waals surface area contributed by atoms with Gasteiger partial charge in [-0.05, 0) is 97.9 Å². The third-order valence-electron chi connectivity index (χ3n) is 13.0. The molecule has 5 aliphatic rings. The van der Waals surface area contributed by atoms with Gasteiger partial charge in [-0.3, -0.25) is 14.4 Å². The standard InChI is InChI=1S/C31H46O4/c1-26(2)22-9-12-31(7)24(29(22,5)11-10-23(26)33)21(32)17-19-20-18-28(4,25(34)35-8)14-13-27(20,3)15-16-30(19,31)6/h17,20,22,24H,9-16,18H2,1-8H3/t20-,22+,24-,27-,28-,29-,30-,31-/m1/s1. The zero-order valence-electron chi connectivity index (χ0n) is 23.3. The summed E-state index contributed by atoms with van der Waals surface area (Å²) in [6, 6.07) is 0. The first kappa shape index (κ1) is 25.2. The molecule has 5 rings (SSSR count). The number of methoxy groups -OCH3 is 1. The molecule has 194 valence electrons. The topological polar surface area (TPSA) is 60.4 Å². The first-order valence-corrected chi connectivity index (χ1v) is 14.0. The molecule has 0 aromatic heterocycles. The summed E-state index contributed by atoms with van der Waals surface area (Å²) < 4.78 is 5.24. The highest BCUT2D eigenvalue weighted by molar-refractivity contribution is 5.96. The maximum Gasteiger partial charge on any atom is 0.311 e. The van der Waals surface area contributed by atoms with Crippen LogP contribution in [0.25, 0.3) is 0 Å². The quantitative estimate of drug-likeness (QED) is 0.390. The van der Waals surface area contributed by atoms with Gasteiger partial charge in [0, 0.05) is 17.8 Å². The van der Waals surface area contributed by atoms with Gasteiger partial charge in [-0.15, -0.1) is 0 Å². The number of hydrogen-bond acceptors (Lipinski definition) is 4. The molecule has 0 aromatic rings. The van der Waals surface area contributed by atoms with Gasteiger partial charge >= 0.3 is 5.97 Å². The summed E-state index contributed by atoms with van der Waals surface area (Å²) in [4.78, 5) is 40.0. The predicted molar refractivity (Wildman–Crippen MR) is 136 cm³/mol. The van der Waals surface area contributed by atoms with Crippen LogP contribution in [0.2, 0.25) is 0 Å². The van der Waals surface area contributed by atoms with Gasteiger partial charge in [-0.25, -0.2) is 0 Å². The fourth-order valence-corrected chi connectivity index (χ4v) is 10.4. The minimum Gasteiger partial charge on any atom is -0.469 e. The van der Waals surface area contributed by atoms with E-state index in [0.717, 1.165) is 51.4 Å². The molecule has 0 bridgehead atoms. The van der Waals surface area contributed by atoms with Crippen LogP contribution in [-0.2, 0) is 19.1 Å². The lowest BCUT2D eigenvalue weighted by atomic mass is 9.33. The Balaban J connectivity index is 1.62. The summed E-state index contributed by atoms with van der Waals surface area (Å²) in [6.45, 7) is 15.9. The molecule has 0 aromatic carbocycles. The average Bonchev–Trinajstić information content (AvgIpc) is 2.78. The van der Waals surface area contributed by atoms with Crippen molar-refractivity contribution >= 4 is 17.5 Å². The summed E-state index contributed by atoms with van der Waals surface area (Å²) in [7, 11) is 1.50. The highest BCUT2D eigenvalue weighted by Crippen LogP contribution is 2.74. The molecule has 0 saturated heterocycles. The van der Waals surface area contributed by atoms with Crippen molar-refractivity contribution in [3.63, 3.8) is 0 Å². The normalized spacial score (nSPS) is 50.7. The second-order valence-electron chi connectivity index (χ2n) is 14.9. The number of carbonyl (C=O) groups is 3. The van der Waals surface area contributed by atoms with E-state index >= 15 is 0 Å². The molecular weight excluding hydrogens is 436 g/mol. The van der Waals surface area contributed by atoms with Crippen LogP contribution >= 0.6 is 0 Å². The Labute approximate surface area is 212 Å². The Bertz CT molecular complexity index is 1020. The third-order valence-corrected chi connectivity index (χ3v) is 13.0. The highest BCUT2D eigenvalue weighted by atomic mass is 16.5. The van der Waals surface area contributed by atoms with E-state index in [9.17, 15) is 14.4 Å². The number of ether oxygens (including phenoxy) is 1. The molecule has 0 radical (unpaired) electrons. The van der Waals surface area contributed by atoms with Crippen LogP contribution in [0, 0.1) is 50.2 Å². The minimum absolute atomic E-state index is 0.0465. The fourth-order valence-electron chi connectivity index (χ4n) is 10.4. The van der Waals surface area contributed by atoms with Crippen molar-refractivity contribution < 1.29 is 19.1 Å². The SMILES string of the molecule is COC(=O)[C@]1(C)CC[C@]2(C)CC[C@]3(C)C(=CC(=O)[C@@H]4[C@]5(C)CCC(=O)C(C)(C)[C@@H]5CC[C@]43C)[C@H]2C1. The number of rotatable bonds is 1. The number of hydrogen-bond donors (Lipinski definition) is 0. The van der Waals surface area contributed by atoms with Crippen LogP contribution in [0.1, 0.15) is 106 Å². The molecule has 4 heteroatoms. The highest BCUT2D eigenvalue weighted by Gasteiger charge is 2.70. The number of carbonyl (C=O) groups excluding carboxylic acids is 3. The van der Waals surface area contributed by atoms with Crippen LogP contribution in [0.5, 0.6) is 0 Å². The van der Waals surface area contributed by atoms with Gasteiger partial charge in [0.05, 0.1) is 12.5 Å². The van der Waals surface area contributed by atoms with Crippen molar-refractivity contribution in [1.29, 1.82) is 0 Å². The van der Waals surface area contributed by atoms with Gasteiger partial charge in [-0.1, -0.05) is 47.1 Å². The first-order valence-electron chi connectivity index (χ1n) is 14.0. The molecule has 0 spiro atoms. The Morgan fingerprint density at radius 1 is 0.914 bits per heavy atom. The molecule has 0 heterocycles. The van der Waals surface area contributed by atoms with Crippen molar-refractivity contribution in [2.24, 2.45) is 50.2 Å². The molecule has 5 aliphatic carbocycles. The molecule has 4 saturated carbocycles. The fraction of sp³-hybridized carbons (Fsp3) is 0.839. The first-order chi connectivity index (χ1) is 16.1. The number of fused-ring (bicyclic) bond motifs is 7. The van der Waals surface area contributed by atoms with E-state index < -0.39 is 5.41 Å². The van der Waals surface area contributed by atoms with Gasteiger partial charge < -0.3 is 4.74 Å². The minimum atomic E-state index is -0.490. The second-order valence-corrected chi connectivity index (χ2v) is 14.9. The number of ketones is 2. The van der Waals surface area contributed by atoms with E-state index in [2.05, 4.69) is 54.5 Å². The Kier molecular flexibility index (Phi) is 5.27. The van der Waals surface area contributed by atoms with E-state index in [1.54, 1.807) is 0 Å². The van der Waals surface area contributed by atoms with Gasteiger partial charge in [0.2, 0.25) is 0 Å². The summed E-state index contributed by atoms with van der Waals surface area (Å²) in [6.07, 6.45) is 10.3. The van der Waals surface area contributed by atoms with Crippen molar-refractivity contribution in [3.05, 3.63) is 11.6 Å². The molecular formula is C31H46O4. The van der Waals surface area contributed by atoms with E-state index in [1.807, 2.05) is 0 Å². The summed E-state index contributed by atoms with van der Waals surface area (Å²) in [5.41, 5.74) is 0.244. The van der Waals surface area contributed by atoms with E-state index in [1.165, 1.54) is 12.7 Å². The van der Waals surface area contributed by atoms with E-state index in [-0.39, 0.29) is 56.6 Å². The Hall–Kier alpha value is -1.45. The van der Waals surface area contributed by atoms with E-state index in [4.69, 9.17) is 4.74 Å². The summed E-state index contributed by atoms with van der Waals surface area (Å²) in [5.74, 6) is 0.980. The van der Waals surface area contributed by atoms with Crippen molar-refractivity contribution in [2.45, 2.75) is 106 Å². The monoisotopic (exact) mass is 482 g/mol. The lowest BCUT2D eigenvalue weighted by Crippen LogP contribution is -2.66. The number of allylic oxidation sites excluding steroid dienone is 2. The Morgan fingerprint density at radius 3 is 2.23 bits per heavy atom.